The Balaban J connectivity index is 2.45. The van der Waals surface area contributed by atoms with Crippen molar-refractivity contribution in [1.29, 1.82) is 0 Å². The first-order valence-corrected chi connectivity index (χ1v) is 5.85. The maximum Gasteiger partial charge on any atom is 0.134 e. The monoisotopic (exact) mass is 230 g/mol. The Morgan fingerprint density at radius 1 is 1.41 bits per heavy atom. The Morgan fingerprint density at radius 2 is 2.24 bits per heavy atom. The average molecular weight is 230 g/mol. The van der Waals surface area contributed by atoms with Gasteiger partial charge in [-0.05, 0) is 38.5 Å². The summed E-state index contributed by atoms with van der Waals surface area (Å²) >= 11 is 0. The SMILES string of the molecule is COc1ccc2c(c1CC=C(C)C)OCC=C2. The molecule has 0 spiro atoms. The van der Waals surface area contributed by atoms with Gasteiger partial charge in [0, 0.05) is 11.1 Å². The molecule has 2 nitrogen and oxygen atoms in total. The normalized spacial score (nSPS) is 12.6. The summed E-state index contributed by atoms with van der Waals surface area (Å²) in [6.07, 6.45) is 7.17. The van der Waals surface area contributed by atoms with Gasteiger partial charge in [0.2, 0.25) is 0 Å². The molecule has 2 heteroatoms. The van der Waals surface area contributed by atoms with Crippen LogP contribution in [-0.2, 0) is 6.42 Å². The molecule has 0 amide bonds. The van der Waals surface area contributed by atoms with Gasteiger partial charge in [-0.3, -0.25) is 0 Å². The van der Waals surface area contributed by atoms with Gasteiger partial charge in [-0.15, -0.1) is 0 Å². The topological polar surface area (TPSA) is 18.5 Å². The van der Waals surface area contributed by atoms with E-state index in [1.54, 1.807) is 7.11 Å². The minimum atomic E-state index is 0.641. The fraction of sp³-hybridized carbons (Fsp3) is 0.333. The molecule has 0 N–H and O–H groups in total. The summed E-state index contributed by atoms with van der Waals surface area (Å²) in [5.74, 6) is 1.86. The second kappa shape index (κ2) is 5.09. The van der Waals surface area contributed by atoms with Crippen LogP contribution in [0.1, 0.15) is 25.0 Å². The molecule has 0 fully saturated rings. The van der Waals surface area contributed by atoms with Gasteiger partial charge in [0.25, 0.3) is 0 Å². The summed E-state index contributed by atoms with van der Waals surface area (Å²) in [6.45, 7) is 4.84. The van der Waals surface area contributed by atoms with E-state index in [0.717, 1.165) is 29.0 Å². The molecule has 1 aromatic rings. The van der Waals surface area contributed by atoms with Crippen molar-refractivity contribution in [2.75, 3.05) is 13.7 Å². The molecule has 1 aromatic carbocycles. The Hall–Kier alpha value is -1.70. The third-order valence-electron chi connectivity index (χ3n) is 2.80. The Morgan fingerprint density at radius 3 is 2.94 bits per heavy atom. The Kier molecular flexibility index (Phi) is 3.52. The van der Waals surface area contributed by atoms with E-state index in [-0.39, 0.29) is 0 Å². The van der Waals surface area contributed by atoms with Gasteiger partial charge in [-0.25, -0.2) is 0 Å². The lowest BCUT2D eigenvalue weighted by Gasteiger charge is -2.18. The number of ether oxygens (including phenoxy) is 2. The van der Waals surface area contributed by atoms with Crippen LogP contribution in [0.15, 0.2) is 29.9 Å². The minimum absolute atomic E-state index is 0.641. The van der Waals surface area contributed by atoms with Crippen molar-refractivity contribution in [2.24, 2.45) is 0 Å². The summed E-state index contributed by atoms with van der Waals surface area (Å²) in [5.41, 5.74) is 3.57. The Bertz CT molecular complexity index is 466. The standard InChI is InChI=1S/C15H18O2/c1-11(2)6-8-13-14(16-3)9-7-12-5-4-10-17-15(12)13/h4-7,9H,8,10H2,1-3H3. The average Bonchev–Trinajstić information content (AvgIpc) is 2.35. The number of rotatable bonds is 3. The van der Waals surface area contributed by atoms with Crippen LogP contribution >= 0.6 is 0 Å². The number of allylic oxidation sites excluding steroid dienone is 2. The second-order valence-corrected chi connectivity index (χ2v) is 4.36. The molecule has 1 heterocycles. The molecule has 90 valence electrons. The molecular weight excluding hydrogens is 212 g/mol. The lowest BCUT2D eigenvalue weighted by molar-refractivity contribution is 0.347. The zero-order valence-electron chi connectivity index (χ0n) is 10.6. The van der Waals surface area contributed by atoms with Crippen LogP contribution in [0.4, 0.5) is 0 Å². The molecule has 2 rings (SSSR count). The molecule has 0 radical (unpaired) electrons. The van der Waals surface area contributed by atoms with Gasteiger partial charge >= 0.3 is 0 Å². The van der Waals surface area contributed by atoms with Crippen molar-refractivity contribution in [3.63, 3.8) is 0 Å². The van der Waals surface area contributed by atoms with Gasteiger partial charge in [0.05, 0.1) is 7.11 Å². The maximum atomic E-state index is 5.73. The lowest BCUT2D eigenvalue weighted by atomic mass is 10.0. The zero-order chi connectivity index (χ0) is 12.3. The van der Waals surface area contributed by atoms with E-state index in [4.69, 9.17) is 9.47 Å². The first-order valence-electron chi connectivity index (χ1n) is 5.85. The predicted molar refractivity (Wildman–Crippen MR) is 70.7 cm³/mol. The van der Waals surface area contributed by atoms with Crippen molar-refractivity contribution in [3.8, 4) is 11.5 Å². The molecular formula is C15H18O2. The van der Waals surface area contributed by atoms with E-state index in [1.165, 1.54) is 5.57 Å². The van der Waals surface area contributed by atoms with Crippen molar-refractivity contribution in [1.82, 2.24) is 0 Å². The van der Waals surface area contributed by atoms with E-state index < -0.39 is 0 Å². The van der Waals surface area contributed by atoms with Crippen LogP contribution < -0.4 is 9.47 Å². The smallest absolute Gasteiger partial charge is 0.134 e. The van der Waals surface area contributed by atoms with Gasteiger partial charge in [0.15, 0.2) is 0 Å². The highest BCUT2D eigenvalue weighted by atomic mass is 16.5. The van der Waals surface area contributed by atoms with Crippen molar-refractivity contribution < 1.29 is 9.47 Å². The van der Waals surface area contributed by atoms with Crippen molar-refractivity contribution in [2.45, 2.75) is 20.3 Å². The first-order chi connectivity index (χ1) is 8.22. The highest BCUT2D eigenvalue weighted by Gasteiger charge is 2.15. The second-order valence-electron chi connectivity index (χ2n) is 4.36. The molecule has 0 aliphatic carbocycles. The first kappa shape index (κ1) is 11.8. The molecule has 0 unspecified atom stereocenters. The summed E-state index contributed by atoms with van der Waals surface area (Å²) in [7, 11) is 1.70. The number of methoxy groups -OCH3 is 1. The molecule has 0 bridgehead atoms. The Labute approximate surface area is 103 Å². The van der Waals surface area contributed by atoms with Crippen molar-refractivity contribution in [3.05, 3.63) is 41.0 Å². The molecule has 17 heavy (non-hydrogen) atoms. The molecule has 0 saturated heterocycles. The summed E-state index contributed by atoms with van der Waals surface area (Å²) in [6, 6.07) is 4.04. The van der Waals surface area contributed by atoms with E-state index >= 15 is 0 Å². The van der Waals surface area contributed by atoms with Crippen LogP contribution in [0.5, 0.6) is 11.5 Å². The minimum Gasteiger partial charge on any atom is -0.496 e. The summed E-state index contributed by atoms with van der Waals surface area (Å²) < 4.78 is 11.1. The van der Waals surface area contributed by atoms with Gasteiger partial charge in [0.1, 0.15) is 18.1 Å². The third-order valence-corrected chi connectivity index (χ3v) is 2.80. The van der Waals surface area contributed by atoms with Gasteiger partial charge < -0.3 is 9.47 Å². The molecule has 0 aromatic heterocycles. The van der Waals surface area contributed by atoms with Crippen LogP contribution in [-0.4, -0.2) is 13.7 Å². The number of hydrogen-bond acceptors (Lipinski definition) is 2. The summed E-state index contributed by atoms with van der Waals surface area (Å²) in [4.78, 5) is 0. The fourth-order valence-corrected chi connectivity index (χ4v) is 1.93. The largest absolute Gasteiger partial charge is 0.496 e. The quantitative estimate of drug-likeness (QED) is 0.738. The van der Waals surface area contributed by atoms with Crippen molar-refractivity contribution >= 4 is 6.08 Å². The molecule has 1 aliphatic heterocycles. The predicted octanol–water partition coefficient (Wildman–Crippen LogP) is 3.61. The van der Waals surface area contributed by atoms with E-state index in [0.29, 0.717) is 6.61 Å². The van der Waals surface area contributed by atoms with Crippen LogP contribution in [0.3, 0.4) is 0 Å². The fourth-order valence-electron chi connectivity index (χ4n) is 1.93. The van der Waals surface area contributed by atoms with Gasteiger partial charge in [-0.2, -0.15) is 0 Å². The molecule has 0 saturated carbocycles. The molecule has 0 atom stereocenters. The summed E-state index contributed by atoms with van der Waals surface area (Å²) in [5, 5.41) is 0. The van der Waals surface area contributed by atoms with E-state index in [1.807, 2.05) is 18.2 Å². The van der Waals surface area contributed by atoms with Gasteiger partial charge in [-0.1, -0.05) is 17.7 Å². The number of benzene rings is 1. The zero-order valence-corrected chi connectivity index (χ0v) is 10.6. The van der Waals surface area contributed by atoms with Crippen LogP contribution in [0.25, 0.3) is 6.08 Å². The third kappa shape index (κ3) is 2.52. The highest BCUT2D eigenvalue weighted by Crippen LogP contribution is 2.35. The number of fused-ring (bicyclic) bond motifs is 1. The van der Waals surface area contributed by atoms with Crippen LogP contribution in [0.2, 0.25) is 0 Å². The van der Waals surface area contributed by atoms with Crippen LogP contribution in [0, 0.1) is 0 Å². The van der Waals surface area contributed by atoms with E-state index in [2.05, 4.69) is 26.0 Å². The molecule has 1 aliphatic rings. The number of hydrogen-bond donors (Lipinski definition) is 0. The van der Waals surface area contributed by atoms with E-state index in [9.17, 15) is 0 Å². The maximum absolute atomic E-state index is 5.73. The lowest BCUT2D eigenvalue weighted by Crippen LogP contribution is -2.05. The highest BCUT2D eigenvalue weighted by molar-refractivity contribution is 5.65.